The Bertz CT molecular complexity index is 825. The summed E-state index contributed by atoms with van der Waals surface area (Å²) in [6.45, 7) is 1.69. The molecule has 1 fully saturated rings. The third-order valence-electron chi connectivity index (χ3n) is 4.55. The SMILES string of the molecule is N#Cc1c(F)cccc1OCC1CCN(C(=O)c2ccc(Cl)cc2)CC1. The predicted octanol–water partition coefficient (Wildman–Crippen LogP) is 4.28. The fourth-order valence-corrected chi connectivity index (χ4v) is 3.14. The highest BCUT2D eigenvalue weighted by Gasteiger charge is 2.24. The molecular formula is C20H18ClFN2O2. The van der Waals surface area contributed by atoms with Gasteiger partial charge in [-0.15, -0.1) is 0 Å². The molecule has 26 heavy (non-hydrogen) atoms. The van der Waals surface area contributed by atoms with Gasteiger partial charge in [0.05, 0.1) is 6.61 Å². The lowest BCUT2D eigenvalue weighted by atomic mass is 9.97. The number of benzene rings is 2. The van der Waals surface area contributed by atoms with Crippen molar-refractivity contribution >= 4 is 17.5 Å². The van der Waals surface area contributed by atoms with Gasteiger partial charge in [0.15, 0.2) is 0 Å². The lowest BCUT2D eigenvalue weighted by molar-refractivity contribution is 0.0661. The zero-order chi connectivity index (χ0) is 18.5. The van der Waals surface area contributed by atoms with Crippen LogP contribution in [0.25, 0.3) is 0 Å². The smallest absolute Gasteiger partial charge is 0.253 e. The van der Waals surface area contributed by atoms with Crippen molar-refractivity contribution in [2.75, 3.05) is 19.7 Å². The molecular weight excluding hydrogens is 355 g/mol. The summed E-state index contributed by atoms with van der Waals surface area (Å²) in [7, 11) is 0. The number of carbonyl (C=O) groups excluding carboxylic acids is 1. The number of halogens is 2. The second kappa shape index (κ2) is 8.20. The molecule has 0 saturated carbocycles. The fourth-order valence-electron chi connectivity index (χ4n) is 3.02. The normalized spacial score (nSPS) is 14.7. The Morgan fingerprint density at radius 3 is 2.58 bits per heavy atom. The molecule has 0 N–H and O–H groups in total. The van der Waals surface area contributed by atoms with Gasteiger partial charge in [-0.25, -0.2) is 4.39 Å². The lowest BCUT2D eigenvalue weighted by Gasteiger charge is -2.32. The molecule has 1 heterocycles. The van der Waals surface area contributed by atoms with E-state index in [1.54, 1.807) is 30.3 Å². The topological polar surface area (TPSA) is 53.3 Å². The maximum absolute atomic E-state index is 13.6. The van der Waals surface area contributed by atoms with Crippen LogP contribution in [0.1, 0.15) is 28.8 Å². The molecule has 6 heteroatoms. The molecule has 0 spiro atoms. The molecule has 0 aromatic heterocycles. The number of rotatable bonds is 4. The van der Waals surface area contributed by atoms with Crippen molar-refractivity contribution < 1.29 is 13.9 Å². The Hall–Kier alpha value is -2.58. The summed E-state index contributed by atoms with van der Waals surface area (Å²) in [5, 5.41) is 9.64. The zero-order valence-corrected chi connectivity index (χ0v) is 14.9. The highest BCUT2D eigenvalue weighted by molar-refractivity contribution is 6.30. The van der Waals surface area contributed by atoms with E-state index in [-0.39, 0.29) is 23.1 Å². The number of carbonyl (C=O) groups is 1. The van der Waals surface area contributed by atoms with Gasteiger partial charge in [0.2, 0.25) is 0 Å². The molecule has 0 bridgehead atoms. The number of nitrogens with zero attached hydrogens (tertiary/aromatic N) is 2. The molecule has 1 saturated heterocycles. The summed E-state index contributed by atoms with van der Waals surface area (Å²) < 4.78 is 19.2. The first kappa shape index (κ1) is 18.2. The van der Waals surface area contributed by atoms with E-state index in [0.717, 1.165) is 12.8 Å². The van der Waals surface area contributed by atoms with Gasteiger partial charge < -0.3 is 9.64 Å². The van der Waals surface area contributed by atoms with Crippen molar-refractivity contribution in [1.29, 1.82) is 5.26 Å². The molecule has 0 atom stereocenters. The Balaban J connectivity index is 1.53. The van der Waals surface area contributed by atoms with E-state index < -0.39 is 5.82 Å². The van der Waals surface area contributed by atoms with Gasteiger partial charge in [-0.2, -0.15) is 5.26 Å². The monoisotopic (exact) mass is 372 g/mol. The highest BCUT2D eigenvalue weighted by Crippen LogP contribution is 2.24. The number of piperidine rings is 1. The fraction of sp³-hybridized carbons (Fsp3) is 0.300. The molecule has 1 amide bonds. The summed E-state index contributed by atoms with van der Waals surface area (Å²) in [5.74, 6) is -0.0439. The van der Waals surface area contributed by atoms with Crippen LogP contribution >= 0.6 is 11.6 Å². The van der Waals surface area contributed by atoms with Crippen molar-refractivity contribution in [1.82, 2.24) is 4.90 Å². The van der Waals surface area contributed by atoms with E-state index in [4.69, 9.17) is 21.6 Å². The van der Waals surface area contributed by atoms with E-state index in [0.29, 0.717) is 30.3 Å². The number of hydrogen-bond acceptors (Lipinski definition) is 3. The molecule has 1 aliphatic heterocycles. The van der Waals surface area contributed by atoms with E-state index in [1.807, 2.05) is 11.0 Å². The Labute approximate surface area is 156 Å². The summed E-state index contributed by atoms with van der Waals surface area (Å²) in [5.41, 5.74) is 0.561. The van der Waals surface area contributed by atoms with Crippen LogP contribution in [0.3, 0.4) is 0 Å². The van der Waals surface area contributed by atoms with Crippen molar-refractivity contribution in [2.24, 2.45) is 5.92 Å². The van der Waals surface area contributed by atoms with Crippen LogP contribution in [0.5, 0.6) is 5.75 Å². The highest BCUT2D eigenvalue weighted by atomic mass is 35.5. The second-order valence-electron chi connectivity index (χ2n) is 6.28. The average molecular weight is 373 g/mol. The van der Waals surface area contributed by atoms with Crippen LogP contribution in [0.2, 0.25) is 5.02 Å². The van der Waals surface area contributed by atoms with Crippen molar-refractivity contribution in [3.63, 3.8) is 0 Å². The van der Waals surface area contributed by atoms with Crippen LogP contribution in [-0.4, -0.2) is 30.5 Å². The van der Waals surface area contributed by atoms with E-state index >= 15 is 0 Å². The van der Waals surface area contributed by atoms with Crippen LogP contribution in [-0.2, 0) is 0 Å². The summed E-state index contributed by atoms with van der Waals surface area (Å²) in [4.78, 5) is 14.3. The summed E-state index contributed by atoms with van der Waals surface area (Å²) in [6.07, 6.45) is 1.60. The molecule has 0 aliphatic carbocycles. The molecule has 2 aromatic rings. The van der Waals surface area contributed by atoms with Crippen molar-refractivity contribution in [3.8, 4) is 11.8 Å². The molecule has 0 unspecified atom stereocenters. The molecule has 4 nitrogen and oxygen atoms in total. The number of amides is 1. The molecule has 134 valence electrons. The van der Waals surface area contributed by atoms with Gasteiger partial charge in [-0.1, -0.05) is 17.7 Å². The molecule has 0 radical (unpaired) electrons. The van der Waals surface area contributed by atoms with Crippen LogP contribution in [0.4, 0.5) is 4.39 Å². The second-order valence-corrected chi connectivity index (χ2v) is 6.71. The number of hydrogen-bond donors (Lipinski definition) is 0. The Morgan fingerprint density at radius 1 is 1.23 bits per heavy atom. The summed E-state index contributed by atoms with van der Waals surface area (Å²) in [6, 6.07) is 13.1. The first-order valence-corrected chi connectivity index (χ1v) is 8.82. The van der Waals surface area contributed by atoms with Crippen molar-refractivity contribution in [2.45, 2.75) is 12.8 Å². The quantitative estimate of drug-likeness (QED) is 0.804. The minimum absolute atomic E-state index is 0.00191. The zero-order valence-electron chi connectivity index (χ0n) is 14.1. The maximum atomic E-state index is 13.6. The van der Waals surface area contributed by atoms with Gasteiger partial charge >= 0.3 is 0 Å². The maximum Gasteiger partial charge on any atom is 0.253 e. The van der Waals surface area contributed by atoms with E-state index in [9.17, 15) is 9.18 Å². The third-order valence-corrected chi connectivity index (χ3v) is 4.81. The van der Waals surface area contributed by atoms with Crippen LogP contribution in [0, 0.1) is 23.1 Å². The van der Waals surface area contributed by atoms with Gasteiger partial charge in [-0.05, 0) is 55.2 Å². The first-order chi connectivity index (χ1) is 12.6. The Kier molecular flexibility index (Phi) is 5.75. The lowest BCUT2D eigenvalue weighted by Crippen LogP contribution is -2.39. The Morgan fingerprint density at radius 2 is 1.92 bits per heavy atom. The number of nitriles is 1. The van der Waals surface area contributed by atoms with Crippen LogP contribution in [0.15, 0.2) is 42.5 Å². The van der Waals surface area contributed by atoms with Gasteiger partial charge in [0, 0.05) is 23.7 Å². The minimum atomic E-state index is -0.576. The van der Waals surface area contributed by atoms with Crippen LogP contribution < -0.4 is 4.74 Å². The van der Waals surface area contributed by atoms with E-state index in [1.165, 1.54) is 12.1 Å². The minimum Gasteiger partial charge on any atom is -0.492 e. The standard InChI is InChI=1S/C20H18ClFN2O2/c21-16-6-4-15(5-7-16)20(25)24-10-8-14(9-11-24)13-26-19-3-1-2-18(22)17(19)12-23/h1-7,14H,8-11,13H2. The largest absolute Gasteiger partial charge is 0.492 e. The van der Waals surface area contributed by atoms with Gasteiger partial charge in [0.25, 0.3) is 5.91 Å². The average Bonchev–Trinajstić information content (AvgIpc) is 2.67. The number of likely N-dealkylation sites (tertiary alicyclic amines) is 1. The molecule has 2 aromatic carbocycles. The van der Waals surface area contributed by atoms with Crippen molar-refractivity contribution in [3.05, 3.63) is 64.4 Å². The van der Waals surface area contributed by atoms with Gasteiger partial charge in [0.1, 0.15) is 23.2 Å². The molecule has 1 aliphatic rings. The third kappa shape index (κ3) is 4.14. The first-order valence-electron chi connectivity index (χ1n) is 8.44. The summed E-state index contributed by atoms with van der Waals surface area (Å²) >= 11 is 5.86. The van der Waals surface area contributed by atoms with E-state index in [2.05, 4.69) is 0 Å². The molecule has 3 rings (SSSR count). The number of ether oxygens (including phenoxy) is 1. The predicted molar refractivity (Wildman–Crippen MR) is 96.7 cm³/mol. The van der Waals surface area contributed by atoms with Gasteiger partial charge in [-0.3, -0.25) is 4.79 Å².